The second kappa shape index (κ2) is 7.13. The van der Waals surface area contributed by atoms with Gasteiger partial charge in [0.1, 0.15) is 33.5 Å². The Morgan fingerprint density at radius 3 is 2.70 bits per heavy atom. The molecule has 0 spiro atoms. The Labute approximate surface area is 174 Å². The number of hydrogen-bond acceptors (Lipinski definition) is 9. The summed E-state index contributed by atoms with van der Waals surface area (Å²) in [6, 6.07) is -0.434. The summed E-state index contributed by atoms with van der Waals surface area (Å²) in [6.07, 6.45) is 1.54. The summed E-state index contributed by atoms with van der Waals surface area (Å²) < 4.78 is 8.23. The molecule has 0 N–H and O–H groups in total. The molecule has 4 aromatic heterocycles. The molecule has 4 aromatic rings. The molecule has 4 heterocycles. The summed E-state index contributed by atoms with van der Waals surface area (Å²) in [5.41, 5.74) is 2.05. The summed E-state index contributed by atoms with van der Waals surface area (Å²) in [5.74, 6) is 0.0484. The number of hydrogen-bond donors (Lipinski definition) is 0. The lowest BCUT2D eigenvalue weighted by Gasteiger charge is -2.09. The van der Waals surface area contributed by atoms with Crippen molar-refractivity contribution in [1.29, 1.82) is 0 Å². The molecule has 0 radical (unpaired) electrons. The number of nitro groups is 1. The molecule has 156 valence electrons. The van der Waals surface area contributed by atoms with E-state index in [1.165, 1.54) is 17.7 Å². The van der Waals surface area contributed by atoms with E-state index in [-0.39, 0.29) is 18.3 Å². The Hall–Kier alpha value is -3.41. The van der Waals surface area contributed by atoms with Crippen molar-refractivity contribution >= 4 is 38.9 Å². The van der Waals surface area contributed by atoms with E-state index in [1.54, 1.807) is 30.0 Å². The molecule has 0 aliphatic carbocycles. The first-order chi connectivity index (χ1) is 14.2. The van der Waals surface area contributed by atoms with Crippen molar-refractivity contribution in [3.05, 3.63) is 44.1 Å². The third kappa shape index (κ3) is 2.91. The third-order valence-electron chi connectivity index (χ3n) is 4.95. The van der Waals surface area contributed by atoms with Gasteiger partial charge in [0, 0.05) is 0 Å². The fourth-order valence-corrected chi connectivity index (χ4v) is 4.56. The highest BCUT2D eigenvalue weighted by molar-refractivity contribution is 7.20. The number of aromatic nitrogens is 6. The number of nitrogens with zero attached hydrogens (tertiary/aromatic N) is 7. The molecule has 0 fully saturated rings. The topological polar surface area (TPSA) is 130 Å². The van der Waals surface area contributed by atoms with Gasteiger partial charge in [0.2, 0.25) is 0 Å². The normalized spacial score (nSPS) is 12.6. The van der Waals surface area contributed by atoms with Crippen molar-refractivity contribution < 1.29 is 14.5 Å². The van der Waals surface area contributed by atoms with E-state index >= 15 is 0 Å². The summed E-state index contributed by atoms with van der Waals surface area (Å²) in [5, 5.41) is 20.9. The molecule has 1 atom stereocenters. The molecule has 0 saturated carbocycles. The minimum Gasteiger partial charge on any atom is -0.462 e. The average molecular weight is 429 g/mol. The van der Waals surface area contributed by atoms with Gasteiger partial charge in [-0.25, -0.2) is 19.3 Å². The summed E-state index contributed by atoms with van der Waals surface area (Å²) >= 11 is 1.25. The molecule has 4 rings (SSSR count). The van der Waals surface area contributed by atoms with E-state index < -0.39 is 11.0 Å². The maximum atomic E-state index is 12.2. The maximum absolute atomic E-state index is 12.2. The molecular weight excluding hydrogens is 410 g/mol. The number of rotatable bonds is 5. The van der Waals surface area contributed by atoms with Crippen molar-refractivity contribution in [2.45, 2.75) is 40.7 Å². The van der Waals surface area contributed by atoms with Crippen LogP contribution in [0, 0.1) is 30.9 Å². The van der Waals surface area contributed by atoms with Gasteiger partial charge in [0.25, 0.3) is 0 Å². The van der Waals surface area contributed by atoms with Crippen LogP contribution in [0.15, 0.2) is 6.33 Å². The molecule has 12 heteroatoms. The Bertz CT molecular complexity index is 1320. The number of aryl methyl sites for hydroxylation is 2. The van der Waals surface area contributed by atoms with E-state index in [0.29, 0.717) is 32.6 Å². The van der Waals surface area contributed by atoms with Gasteiger partial charge in [-0.3, -0.25) is 14.8 Å². The first-order valence-corrected chi connectivity index (χ1v) is 10.1. The Morgan fingerprint density at radius 2 is 2.07 bits per heavy atom. The first-order valence-electron chi connectivity index (χ1n) is 9.26. The van der Waals surface area contributed by atoms with Gasteiger partial charge in [-0.2, -0.15) is 5.10 Å². The molecule has 11 nitrogen and oxygen atoms in total. The third-order valence-corrected chi connectivity index (χ3v) is 6.13. The number of ether oxygens (including phenoxy) is 1. The van der Waals surface area contributed by atoms with E-state index in [0.717, 1.165) is 10.9 Å². The highest BCUT2D eigenvalue weighted by Gasteiger charge is 2.27. The van der Waals surface area contributed by atoms with E-state index in [2.05, 4.69) is 20.2 Å². The predicted octanol–water partition coefficient (Wildman–Crippen LogP) is 3.15. The lowest BCUT2D eigenvalue weighted by atomic mass is 10.2. The summed E-state index contributed by atoms with van der Waals surface area (Å²) in [4.78, 5) is 33.3. The number of thiophene rings is 1. The van der Waals surface area contributed by atoms with Gasteiger partial charge in [0.15, 0.2) is 11.5 Å². The quantitative estimate of drug-likeness (QED) is 0.269. The highest BCUT2D eigenvalue weighted by Crippen LogP contribution is 2.33. The molecular formula is C18H19N7O4S. The van der Waals surface area contributed by atoms with Crippen LogP contribution < -0.4 is 0 Å². The summed E-state index contributed by atoms with van der Waals surface area (Å²) in [7, 11) is 0. The fourth-order valence-electron chi connectivity index (χ4n) is 3.52. The zero-order valence-electron chi connectivity index (χ0n) is 17.0. The van der Waals surface area contributed by atoms with Crippen LogP contribution in [-0.4, -0.2) is 46.9 Å². The van der Waals surface area contributed by atoms with Crippen LogP contribution in [0.2, 0.25) is 0 Å². The Morgan fingerprint density at radius 1 is 1.33 bits per heavy atom. The van der Waals surface area contributed by atoms with Crippen molar-refractivity contribution in [3.8, 4) is 0 Å². The molecule has 0 aliphatic rings. The van der Waals surface area contributed by atoms with E-state index in [9.17, 15) is 14.9 Å². The number of carbonyl (C=O) groups excluding carboxylic acids is 1. The SMILES string of the molecule is CCOC(=O)c1sc2ncn3nc([C@H](C)n4nc(C)c([N+](=O)[O-])c4C)nc3c2c1C. The van der Waals surface area contributed by atoms with Crippen molar-refractivity contribution in [1.82, 2.24) is 29.4 Å². The lowest BCUT2D eigenvalue weighted by molar-refractivity contribution is -0.386. The van der Waals surface area contributed by atoms with Crippen LogP contribution in [0.25, 0.3) is 15.9 Å². The van der Waals surface area contributed by atoms with Gasteiger partial charge >= 0.3 is 11.7 Å². The zero-order chi connectivity index (χ0) is 21.7. The van der Waals surface area contributed by atoms with E-state index in [4.69, 9.17) is 4.74 Å². The van der Waals surface area contributed by atoms with Crippen molar-refractivity contribution in [3.63, 3.8) is 0 Å². The van der Waals surface area contributed by atoms with Gasteiger partial charge in [-0.15, -0.1) is 16.4 Å². The average Bonchev–Trinajstić information content (AvgIpc) is 3.34. The largest absolute Gasteiger partial charge is 0.462 e. The maximum Gasteiger partial charge on any atom is 0.348 e. The van der Waals surface area contributed by atoms with Crippen molar-refractivity contribution in [2.24, 2.45) is 0 Å². The van der Waals surface area contributed by atoms with Gasteiger partial charge in [0.05, 0.1) is 16.9 Å². The van der Waals surface area contributed by atoms with E-state index in [1.807, 2.05) is 13.8 Å². The van der Waals surface area contributed by atoms with Crippen molar-refractivity contribution in [2.75, 3.05) is 6.61 Å². The van der Waals surface area contributed by atoms with Crippen LogP contribution in [0.5, 0.6) is 0 Å². The van der Waals surface area contributed by atoms with Gasteiger partial charge < -0.3 is 4.74 Å². The molecule has 0 unspecified atom stereocenters. The van der Waals surface area contributed by atoms with Gasteiger partial charge in [-0.05, 0) is 40.2 Å². The van der Waals surface area contributed by atoms with Crippen LogP contribution in [0.4, 0.5) is 5.69 Å². The lowest BCUT2D eigenvalue weighted by Crippen LogP contribution is -2.12. The molecule has 0 aromatic carbocycles. The van der Waals surface area contributed by atoms with Crippen LogP contribution in [0.1, 0.15) is 52.3 Å². The number of esters is 1. The minimum atomic E-state index is -0.434. The second-order valence-corrected chi connectivity index (χ2v) is 7.84. The van der Waals surface area contributed by atoms with Crippen LogP contribution >= 0.6 is 11.3 Å². The second-order valence-electron chi connectivity index (χ2n) is 6.84. The Kier molecular flexibility index (Phi) is 4.73. The first kappa shape index (κ1) is 19.9. The monoisotopic (exact) mass is 429 g/mol. The standard InChI is InChI=1S/C18H19N7O4S/c1-6-29-18(26)14-8(2)12-16-20-15(22-23(16)7-19-17(12)30-14)11(5)24-10(4)13(25(27)28)9(3)21-24/h7,11H,6H2,1-5H3/t11-/m0/s1. The van der Waals surface area contributed by atoms with Gasteiger partial charge in [-0.1, -0.05) is 0 Å². The number of fused-ring (bicyclic) bond motifs is 3. The van der Waals surface area contributed by atoms with Crippen LogP contribution in [0.3, 0.4) is 0 Å². The predicted molar refractivity (Wildman–Crippen MR) is 109 cm³/mol. The minimum absolute atomic E-state index is 0.0116. The highest BCUT2D eigenvalue weighted by atomic mass is 32.1. The molecule has 0 saturated heterocycles. The smallest absolute Gasteiger partial charge is 0.348 e. The molecule has 0 aliphatic heterocycles. The number of carbonyl (C=O) groups is 1. The zero-order valence-corrected chi connectivity index (χ0v) is 17.9. The van der Waals surface area contributed by atoms with Crippen LogP contribution in [-0.2, 0) is 4.74 Å². The molecule has 0 bridgehead atoms. The Balaban J connectivity index is 1.84. The summed E-state index contributed by atoms with van der Waals surface area (Å²) in [6.45, 7) is 8.95. The fraction of sp³-hybridized carbons (Fsp3) is 0.389. The molecule has 0 amide bonds. The molecule has 30 heavy (non-hydrogen) atoms.